The van der Waals surface area contributed by atoms with Crippen molar-refractivity contribution in [3.05, 3.63) is 103 Å². The largest absolute Gasteiger partial charge is 0.454 e. The second kappa shape index (κ2) is 7.22. The minimum Gasteiger partial charge on any atom is -0.454 e. The highest BCUT2D eigenvalue weighted by atomic mass is 16.3. The molecule has 0 amide bonds. The molecule has 2 aromatic heterocycles. The van der Waals surface area contributed by atoms with E-state index in [1.807, 2.05) is 24.4 Å². The van der Waals surface area contributed by atoms with Gasteiger partial charge in [0.2, 0.25) is 0 Å². The number of furan rings is 1. The van der Waals surface area contributed by atoms with Crippen molar-refractivity contribution >= 4 is 44.8 Å². The molecule has 0 radical (unpaired) electrons. The third-order valence-corrected chi connectivity index (χ3v) is 8.20. The molecule has 4 heteroatoms. The zero-order valence-electron chi connectivity index (χ0n) is 20.0. The Kier molecular flexibility index (Phi) is 4.20. The van der Waals surface area contributed by atoms with Crippen molar-refractivity contribution < 1.29 is 4.42 Å². The summed E-state index contributed by atoms with van der Waals surface area (Å²) in [5, 5.41) is 2.26. The first-order valence-corrected chi connectivity index (χ1v) is 12.4. The molecule has 7 rings (SSSR count). The van der Waals surface area contributed by atoms with Gasteiger partial charge in [0.05, 0.1) is 11.4 Å². The van der Waals surface area contributed by atoms with Crippen LogP contribution >= 0.6 is 0 Å². The summed E-state index contributed by atoms with van der Waals surface area (Å²) in [6.07, 6.45) is 3.79. The van der Waals surface area contributed by atoms with Crippen molar-refractivity contribution in [2.45, 2.75) is 38.3 Å². The first-order chi connectivity index (χ1) is 17.2. The summed E-state index contributed by atoms with van der Waals surface area (Å²) >= 11 is 0. The molecule has 5 aromatic rings. The molecule has 172 valence electrons. The lowest BCUT2D eigenvalue weighted by molar-refractivity contribution is 0.425. The van der Waals surface area contributed by atoms with Gasteiger partial charge in [-0.05, 0) is 54.3 Å². The van der Waals surface area contributed by atoms with E-state index in [0.717, 1.165) is 52.0 Å². The minimum atomic E-state index is -0.111. The molecule has 4 heterocycles. The molecule has 0 saturated carbocycles. The first kappa shape index (κ1) is 20.3. The van der Waals surface area contributed by atoms with Crippen molar-refractivity contribution in [1.82, 2.24) is 4.98 Å². The van der Waals surface area contributed by atoms with Crippen molar-refractivity contribution in [2.75, 3.05) is 9.80 Å². The molecule has 35 heavy (non-hydrogen) atoms. The maximum Gasteiger partial charge on any atom is 0.159 e. The van der Waals surface area contributed by atoms with E-state index in [1.54, 1.807) is 0 Å². The third-order valence-electron chi connectivity index (χ3n) is 8.20. The maximum absolute atomic E-state index is 6.49. The number of pyridine rings is 1. The summed E-state index contributed by atoms with van der Waals surface area (Å²) < 4.78 is 6.49. The molecule has 2 aliphatic rings. The van der Waals surface area contributed by atoms with Crippen molar-refractivity contribution in [1.29, 1.82) is 0 Å². The molecule has 4 nitrogen and oxygen atoms in total. The lowest BCUT2D eigenvalue weighted by Crippen LogP contribution is -2.50. The van der Waals surface area contributed by atoms with E-state index in [9.17, 15) is 0 Å². The van der Waals surface area contributed by atoms with Gasteiger partial charge in [0.1, 0.15) is 11.7 Å². The molecule has 1 atom stereocenters. The molecule has 1 unspecified atom stereocenters. The molecule has 0 bridgehead atoms. The van der Waals surface area contributed by atoms with Crippen LogP contribution in [-0.4, -0.2) is 11.1 Å². The predicted octanol–water partition coefficient (Wildman–Crippen LogP) is 8.22. The highest BCUT2D eigenvalue weighted by Crippen LogP contribution is 2.59. The normalized spacial score (nSPS) is 18.1. The second-order valence-corrected chi connectivity index (χ2v) is 9.54. The lowest BCUT2D eigenvalue weighted by atomic mass is 9.66. The molecule has 0 N–H and O–H groups in total. The number of anilines is 4. The average molecular weight is 458 g/mol. The summed E-state index contributed by atoms with van der Waals surface area (Å²) in [6.45, 7) is 9.36. The van der Waals surface area contributed by atoms with Gasteiger partial charge in [-0.3, -0.25) is 4.90 Å². The fourth-order valence-corrected chi connectivity index (χ4v) is 6.46. The Hall–Kier alpha value is -4.05. The topological polar surface area (TPSA) is 32.5 Å². The standard InChI is InChI=1S/C31H27N3O/c1-4-31(5-2)20(3)30-33(25-16-10-13-22-21-12-6-9-18-27(21)35-28(22)25)26-17-11-19-32-29(26)34(30)24-15-8-7-14-23(24)31/h6-19,30H,3-5H2,1-2H3. The lowest BCUT2D eigenvalue weighted by Gasteiger charge is -2.49. The highest BCUT2D eigenvalue weighted by molar-refractivity contribution is 6.10. The van der Waals surface area contributed by atoms with E-state index in [0.29, 0.717) is 0 Å². The zero-order chi connectivity index (χ0) is 23.7. The third kappa shape index (κ3) is 2.49. The number of benzene rings is 3. The van der Waals surface area contributed by atoms with Gasteiger partial charge >= 0.3 is 0 Å². The minimum absolute atomic E-state index is 0.0893. The van der Waals surface area contributed by atoms with Crippen LogP contribution in [0.25, 0.3) is 21.9 Å². The predicted molar refractivity (Wildman–Crippen MR) is 144 cm³/mol. The Balaban J connectivity index is 1.55. The van der Waals surface area contributed by atoms with Gasteiger partial charge in [-0.15, -0.1) is 0 Å². The molecule has 2 aliphatic heterocycles. The Morgan fingerprint density at radius 2 is 1.51 bits per heavy atom. The van der Waals surface area contributed by atoms with Crippen molar-refractivity contribution in [2.24, 2.45) is 0 Å². The van der Waals surface area contributed by atoms with Gasteiger partial charge in [-0.1, -0.05) is 69.0 Å². The fraction of sp³-hybridized carbons (Fsp3) is 0.194. The smallest absolute Gasteiger partial charge is 0.159 e. The highest BCUT2D eigenvalue weighted by Gasteiger charge is 2.52. The van der Waals surface area contributed by atoms with Crippen molar-refractivity contribution in [3.63, 3.8) is 0 Å². The van der Waals surface area contributed by atoms with Gasteiger partial charge in [-0.25, -0.2) is 4.98 Å². The van der Waals surface area contributed by atoms with E-state index >= 15 is 0 Å². The van der Waals surface area contributed by atoms with Crippen LogP contribution in [0.3, 0.4) is 0 Å². The Bertz CT molecular complexity index is 1630. The number of fused-ring (bicyclic) bond motifs is 8. The van der Waals surface area contributed by atoms with Crippen LogP contribution in [0.1, 0.15) is 32.3 Å². The first-order valence-electron chi connectivity index (χ1n) is 12.4. The number of hydrogen-bond acceptors (Lipinski definition) is 4. The Morgan fingerprint density at radius 3 is 2.37 bits per heavy atom. The summed E-state index contributed by atoms with van der Waals surface area (Å²) in [7, 11) is 0. The monoisotopic (exact) mass is 457 g/mol. The zero-order valence-corrected chi connectivity index (χ0v) is 20.0. The van der Waals surface area contributed by atoms with Crippen LogP contribution in [-0.2, 0) is 5.41 Å². The van der Waals surface area contributed by atoms with Gasteiger partial charge < -0.3 is 9.32 Å². The molecule has 0 saturated heterocycles. The summed E-state index contributed by atoms with van der Waals surface area (Å²) in [4.78, 5) is 9.65. The van der Waals surface area contributed by atoms with Crippen LogP contribution in [0, 0.1) is 0 Å². The maximum atomic E-state index is 6.49. The molecule has 0 fully saturated rings. The number of hydrogen-bond donors (Lipinski definition) is 0. The van der Waals surface area contributed by atoms with Crippen molar-refractivity contribution in [3.8, 4) is 0 Å². The molecule has 0 spiro atoms. The Morgan fingerprint density at radius 1 is 0.800 bits per heavy atom. The van der Waals surface area contributed by atoms with Crippen LogP contribution in [0.15, 0.2) is 102 Å². The molecular formula is C31H27N3O. The van der Waals surface area contributed by atoms with Gasteiger partial charge in [0.25, 0.3) is 0 Å². The second-order valence-electron chi connectivity index (χ2n) is 9.54. The van der Waals surface area contributed by atoms with Gasteiger partial charge in [0, 0.05) is 28.1 Å². The summed E-state index contributed by atoms with van der Waals surface area (Å²) in [5.74, 6) is 0.958. The van der Waals surface area contributed by atoms with E-state index in [4.69, 9.17) is 16.0 Å². The molecule has 0 aliphatic carbocycles. The van der Waals surface area contributed by atoms with Gasteiger partial charge in [0.15, 0.2) is 11.4 Å². The Labute approximate surface area is 205 Å². The van der Waals surface area contributed by atoms with Crippen LogP contribution in [0.2, 0.25) is 0 Å². The SMILES string of the molecule is C=C1C2N(c3ccccc3C1(CC)CC)c1ncccc1N2c1cccc2c1oc1ccccc12. The van der Waals surface area contributed by atoms with E-state index < -0.39 is 0 Å². The average Bonchev–Trinajstić information content (AvgIpc) is 3.46. The van der Waals surface area contributed by atoms with E-state index in [2.05, 4.69) is 84.3 Å². The molecular weight excluding hydrogens is 430 g/mol. The quantitative estimate of drug-likeness (QED) is 0.255. The number of rotatable bonds is 3. The number of nitrogens with zero attached hydrogens (tertiary/aromatic N) is 3. The fourth-order valence-electron chi connectivity index (χ4n) is 6.46. The van der Waals surface area contributed by atoms with E-state index in [1.165, 1.54) is 16.8 Å². The van der Waals surface area contributed by atoms with Crippen LogP contribution in [0.5, 0.6) is 0 Å². The van der Waals surface area contributed by atoms with Crippen LogP contribution in [0.4, 0.5) is 22.9 Å². The number of para-hydroxylation sites is 3. The summed E-state index contributed by atoms with van der Waals surface area (Å²) in [6, 6.07) is 27.7. The van der Waals surface area contributed by atoms with Gasteiger partial charge in [-0.2, -0.15) is 0 Å². The molecule has 3 aromatic carbocycles. The van der Waals surface area contributed by atoms with E-state index in [-0.39, 0.29) is 11.6 Å². The summed E-state index contributed by atoms with van der Waals surface area (Å²) in [5.41, 5.74) is 7.57. The number of aromatic nitrogens is 1. The van der Waals surface area contributed by atoms with Crippen LogP contribution < -0.4 is 9.80 Å².